The number of benzene rings is 1. The number of hydrogen-bond donors (Lipinski definition) is 2. The SMILES string of the molecule is CCC(C)N(C)Cc1cccc(C(=N)N)c1. The standard InChI is InChI=1S/C13H21N3/c1-4-10(2)16(3)9-11-6-5-7-12(8-11)13(14)15/h5-8,10H,4,9H2,1-3H3,(H3,14,15). The van der Waals surface area contributed by atoms with Gasteiger partial charge in [-0.25, -0.2) is 0 Å². The number of nitrogens with one attached hydrogen (secondary N) is 1. The van der Waals surface area contributed by atoms with E-state index in [1.54, 1.807) is 0 Å². The third kappa shape index (κ3) is 3.35. The highest BCUT2D eigenvalue weighted by atomic mass is 15.1. The fourth-order valence-electron chi connectivity index (χ4n) is 1.59. The molecule has 1 unspecified atom stereocenters. The average Bonchev–Trinajstić information content (AvgIpc) is 2.28. The molecular formula is C13H21N3. The van der Waals surface area contributed by atoms with Crippen molar-refractivity contribution in [3.05, 3.63) is 35.4 Å². The van der Waals surface area contributed by atoms with Gasteiger partial charge in [0.05, 0.1) is 0 Å². The van der Waals surface area contributed by atoms with E-state index in [-0.39, 0.29) is 5.84 Å². The Labute approximate surface area is 97.8 Å². The fourth-order valence-corrected chi connectivity index (χ4v) is 1.59. The highest BCUT2D eigenvalue weighted by Gasteiger charge is 2.07. The topological polar surface area (TPSA) is 53.1 Å². The van der Waals surface area contributed by atoms with Gasteiger partial charge in [0, 0.05) is 18.2 Å². The van der Waals surface area contributed by atoms with E-state index >= 15 is 0 Å². The molecule has 0 bridgehead atoms. The molecule has 1 atom stereocenters. The zero-order chi connectivity index (χ0) is 12.1. The van der Waals surface area contributed by atoms with E-state index in [0.29, 0.717) is 6.04 Å². The first-order chi connectivity index (χ1) is 7.54. The van der Waals surface area contributed by atoms with Gasteiger partial charge in [-0.05, 0) is 32.0 Å². The molecule has 0 amide bonds. The van der Waals surface area contributed by atoms with Crippen molar-refractivity contribution in [3.63, 3.8) is 0 Å². The van der Waals surface area contributed by atoms with Crippen molar-refractivity contribution in [1.29, 1.82) is 5.41 Å². The van der Waals surface area contributed by atoms with E-state index in [2.05, 4.69) is 31.9 Å². The van der Waals surface area contributed by atoms with Crippen LogP contribution in [0.2, 0.25) is 0 Å². The van der Waals surface area contributed by atoms with Gasteiger partial charge in [0.15, 0.2) is 0 Å². The van der Waals surface area contributed by atoms with Crippen LogP contribution in [0.4, 0.5) is 0 Å². The number of hydrogen-bond acceptors (Lipinski definition) is 2. The van der Waals surface area contributed by atoms with Gasteiger partial charge >= 0.3 is 0 Å². The van der Waals surface area contributed by atoms with E-state index < -0.39 is 0 Å². The molecule has 0 spiro atoms. The predicted octanol–water partition coefficient (Wildman–Crippen LogP) is 2.20. The third-order valence-electron chi connectivity index (χ3n) is 3.01. The molecule has 3 nitrogen and oxygen atoms in total. The van der Waals surface area contributed by atoms with E-state index in [0.717, 1.165) is 18.5 Å². The first-order valence-electron chi connectivity index (χ1n) is 5.68. The van der Waals surface area contributed by atoms with Gasteiger partial charge in [0.2, 0.25) is 0 Å². The molecule has 0 aromatic heterocycles. The third-order valence-corrected chi connectivity index (χ3v) is 3.01. The lowest BCUT2D eigenvalue weighted by molar-refractivity contribution is 0.244. The Bertz CT molecular complexity index is 360. The Balaban J connectivity index is 2.74. The summed E-state index contributed by atoms with van der Waals surface area (Å²) in [6.45, 7) is 5.30. The van der Waals surface area contributed by atoms with Crippen molar-refractivity contribution in [2.75, 3.05) is 7.05 Å². The Kier molecular flexibility index (Phi) is 4.50. The molecule has 0 saturated carbocycles. The van der Waals surface area contributed by atoms with Crippen LogP contribution in [0.3, 0.4) is 0 Å². The van der Waals surface area contributed by atoms with Gasteiger partial charge in [-0.3, -0.25) is 10.3 Å². The van der Waals surface area contributed by atoms with Crippen LogP contribution in [-0.2, 0) is 6.54 Å². The van der Waals surface area contributed by atoms with Crippen molar-refractivity contribution >= 4 is 5.84 Å². The smallest absolute Gasteiger partial charge is 0.122 e. The normalized spacial score (nSPS) is 12.8. The van der Waals surface area contributed by atoms with Gasteiger partial charge in [-0.1, -0.05) is 25.1 Å². The molecule has 0 aliphatic heterocycles. The summed E-state index contributed by atoms with van der Waals surface area (Å²) in [6, 6.07) is 8.46. The lowest BCUT2D eigenvalue weighted by atomic mass is 10.1. The Morgan fingerprint density at radius 1 is 1.50 bits per heavy atom. The van der Waals surface area contributed by atoms with Gasteiger partial charge in [-0.15, -0.1) is 0 Å². The largest absolute Gasteiger partial charge is 0.384 e. The van der Waals surface area contributed by atoms with Gasteiger partial charge in [0.25, 0.3) is 0 Å². The monoisotopic (exact) mass is 219 g/mol. The van der Waals surface area contributed by atoms with Crippen molar-refractivity contribution in [2.24, 2.45) is 5.73 Å². The van der Waals surface area contributed by atoms with Crippen LogP contribution in [0.5, 0.6) is 0 Å². The minimum atomic E-state index is 0.132. The lowest BCUT2D eigenvalue weighted by Gasteiger charge is -2.23. The lowest BCUT2D eigenvalue weighted by Crippen LogP contribution is -2.27. The zero-order valence-corrected chi connectivity index (χ0v) is 10.3. The molecule has 16 heavy (non-hydrogen) atoms. The predicted molar refractivity (Wildman–Crippen MR) is 68.7 cm³/mol. The van der Waals surface area contributed by atoms with Crippen LogP contribution in [0, 0.1) is 5.41 Å². The molecule has 1 aromatic carbocycles. The molecule has 0 fully saturated rings. The number of amidine groups is 1. The van der Waals surface area contributed by atoms with Crippen molar-refractivity contribution in [3.8, 4) is 0 Å². The molecule has 0 radical (unpaired) electrons. The molecule has 88 valence electrons. The first kappa shape index (κ1) is 12.7. The summed E-state index contributed by atoms with van der Waals surface area (Å²) < 4.78 is 0. The van der Waals surface area contributed by atoms with Crippen molar-refractivity contribution in [2.45, 2.75) is 32.9 Å². The second-order valence-corrected chi connectivity index (χ2v) is 4.29. The summed E-state index contributed by atoms with van der Waals surface area (Å²) in [7, 11) is 2.12. The highest BCUT2D eigenvalue weighted by molar-refractivity contribution is 5.95. The summed E-state index contributed by atoms with van der Waals surface area (Å²) in [5.41, 5.74) is 7.47. The van der Waals surface area contributed by atoms with Gasteiger partial charge in [-0.2, -0.15) is 0 Å². The van der Waals surface area contributed by atoms with Crippen LogP contribution < -0.4 is 5.73 Å². The van der Waals surface area contributed by atoms with Crippen LogP contribution >= 0.6 is 0 Å². The molecule has 0 aliphatic rings. The van der Waals surface area contributed by atoms with Crippen LogP contribution in [0.15, 0.2) is 24.3 Å². The maximum atomic E-state index is 7.40. The van der Waals surface area contributed by atoms with Gasteiger partial charge < -0.3 is 5.73 Å². The Morgan fingerprint density at radius 3 is 2.75 bits per heavy atom. The number of rotatable bonds is 5. The molecule has 3 heteroatoms. The molecule has 0 heterocycles. The van der Waals surface area contributed by atoms with Crippen LogP contribution in [-0.4, -0.2) is 23.8 Å². The van der Waals surface area contributed by atoms with Crippen LogP contribution in [0.25, 0.3) is 0 Å². The summed E-state index contributed by atoms with van der Waals surface area (Å²) in [6.07, 6.45) is 1.14. The minimum Gasteiger partial charge on any atom is -0.384 e. The van der Waals surface area contributed by atoms with Crippen molar-refractivity contribution in [1.82, 2.24) is 4.90 Å². The summed E-state index contributed by atoms with van der Waals surface area (Å²) in [4.78, 5) is 2.30. The maximum absolute atomic E-state index is 7.40. The average molecular weight is 219 g/mol. The Morgan fingerprint density at radius 2 is 2.19 bits per heavy atom. The second-order valence-electron chi connectivity index (χ2n) is 4.29. The fraction of sp³-hybridized carbons (Fsp3) is 0.462. The first-order valence-corrected chi connectivity index (χ1v) is 5.68. The molecule has 3 N–H and O–H groups in total. The summed E-state index contributed by atoms with van der Waals surface area (Å²) >= 11 is 0. The highest BCUT2D eigenvalue weighted by Crippen LogP contribution is 2.10. The number of nitrogens with zero attached hydrogens (tertiary/aromatic N) is 1. The number of nitrogens with two attached hydrogens (primary N) is 1. The van der Waals surface area contributed by atoms with E-state index in [1.165, 1.54) is 5.56 Å². The molecule has 0 aliphatic carbocycles. The summed E-state index contributed by atoms with van der Waals surface area (Å²) in [5, 5.41) is 7.40. The second kappa shape index (κ2) is 5.66. The van der Waals surface area contributed by atoms with E-state index in [1.807, 2.05) is 18.2 Å². The molecule has 1 rings (SSSR count). The quantitative estimate of drug-likeness (QED) is 0.589. The Hall–Kier alpha value is -1.35. The van der Waals surface area contributed by atoms with E-state index in [4.69, 9.17) is 11.1 Å². The molecule has 1 aromatic rings. The number of nitrogen functional groups attached to an aromatic ring is 1. The molecule has 0 saturated heterocycles. The summed E-state index contributed by atoms with van der Waals surface area (Å²) in [5.74, 6) is 0.132. The van der Waals surface area contributed by atoms with Crippen molar-refractivity contribution < 1.29 is 0 Å². The van der Waals surface area contributed by atoms with Crippen LogP contribution in [0.1, 0.15) is 31.4 Å². The zero-order valence-electron chi connectivity index (χ0n) is 10.3. The van der Waals surface area contributed by atoms with E-state index in [9.17, 15) is 0 Å². The maximum Gasteiger partial charge on any atom is 0.122 e. The molecular weight excluding hydrogens is 198 g/mol. The minimum absolute atomic E-state index is 0.132. The van der Waals surface area contributed by atoms with Gasteiger partial charge in [0.1, 0.15) is 5.84 Å².